The molecule has 2 N–H and O–H groups in total. The molecule has 1 aromatic heterocycles. The van der Waals surface area contributed by atoms with Crippen LogP contribution < -0.4 is 15.6 Å². The zero-order valence-corrected chi connectivity index (χ0v) is 16.9. The third-order valence-electron chi connectivity index (χ3n) is 5.15. The quantitative estimate of drug-likeness (QED) is 0.559. The lowest BCUT2D eigenvalue weighted by Gasteiger charge is -2.37. The number of thiocarbonyl (C=S) groups is 1. The number of hydrazone groups is 1. The minimum atomic E-state index is -4.34. The maximum absolute atomic E-state index is 13.0. The van der Waals surface area contributed by atoms with Crippen molar-refractivity contribution < 1.29 is 13.2 Å². The molecule has 6 nitrogen and oxygen atoms in total. The summed E-state index contributed by atoms with van der Waals surface area (Å²) in [7, 11) is 0. The second-order valence-corrected chi connectivity index (χ2v) is 7.46. The molecule has 0 bridgehead atoms. The molecule has 0 atom stereocenters. The molecule has 1 saturated heterocycles. The van der Waals surface area contributed by atoms with Crippen LogP contribution in [0.2, 0.25) is 0 Å². The van der Waals surface area contributed by atoms with Crippen molar-refractivity contribution in [2.24, 2.45) is 5.10 Å². The molecule has 3 heterocycles. The highest BCUT2D eigenvalue weighted by molar-refractivity contribution is 7.80. The Labute approximate surface area is 177 Å². The number of nitrogens with one attached hydrogen (secondary N) is 2. The smallest absolute Gasteiger partial charge is 0.383 e. The highest BCUT2D eigenvalue weighted by Crippen LogP contribution is 2.31. The van der Waals surface area contributed by atoms with Crippen molar-refractivity contribution in [1.29, 1.82) is 0 Å². The summed E-state index contributed by atoms with van der Waals surface area (Å²) >= 11 is 5.47. The van der Waals surface area contributed by atoms with Gasteiger partial charge in [0.25, 0.3) is 0 Å². The van der Waals surface area contributed by atoms with Crippen molar-refractivity contribution in [3.8, 4) is 0 Å². The minimum absolute atomic E-state index is 0.502. The van der Waals surface area contributed by atoms with E-state index in [1.54, 1.807) is 12.3 Å². The number of piperazine rings is 1. The minimum Gasteiger partial charge on any atom is -0.383 e. The molecule has 2 aliphatic rings. The summed E-state index contributed by atoms with van der Waals surface area (Å²) in [6, 6.07) is 9.26. The van der Waals surface area contributed by atoms with Gasteiger partial charge in [-0.2, -0.15) is 18.3 Å². The largest absolute Gasteiger partial charge is 0.416 e. The third-order valence-corrected chi connectivity index (χ3v) is 5.50. The Hall–Kier alpha value is -2.88. The molecule has 0 aliphatic carbocycles. The summed E-state index contributed by atoms with van der Waals surface area (Å²) in [4.78, 5) is 8.30. The number of aromatic nitrogens is 1. The van der Waals surface area contributed by atoms with Gasteiger partial charge in [-0.05, 0) is 42.5 Å². The number of rotatable bonds is 2. The topological polar surface area (TPSA) is 55.8 Å². The number of alkyl halides is 3. The van der Waals surface area contributed by atoms with Gasteiger partial charge in [-0.3, -0.25) is 10.4 Å². The summed E-state index contributed by atoms with van der Waals surface area (Å²) in [5.74, 6) is 0. The van der Waals surface area contributed by atoms with Crippen LogP contribution in [0, 0.1) is 0 Å². The standard InChI is InChI=1S/C20H21F3N6S/c21-20(22,23)14-3-1-4-15(13-14)28-9-11-29(12-10-28)19(30)27-26-17-6-8-24-16-5-2-7-25-18(16)17/h1-5,7,13,24H,6,8-12H2,(H,27,30)/b26-17-. The number of anilines is 2. The molecule has 10 heteroatoms. The SMILES string of the molecule is FC(F)(F)c1cccc(N2CCN(C(=S)N/N=C3/CCNc4cccnc43)CC2)c1. The fourth-order valence-corrected chi connectivity index (χ4v) is 3.78. The molecule has 0 saturated carbocycles. The van der Waals surface area contributed by atoms with Gasteiger partial charge in [-0.15, -0.1) is 0 Å². The molecule has 2 aromatic rings. The van der Waals surface area contributed by atoms with E-state index < -0.39 is 11.7 Å². The molecular formula is C20H21F3N6S. The van der Waals surface area contributed by atoms with E-state index in [1.165, 1.54) is 12.1 Å². The predicted molar refractivity (Wildman–Crippen MR) is 115 cm³/mol. The Morgan fingerprint density at radius 3 is 2.70 bits per heavy atom. The Bertz CT molecular complexity index is 954. The monoisotopic (exact) mass is 434 g/mol. The summed E-state index contributed by atoms with van der Waals surface area (Å²) in [6.45, 7) is 3.14. The Morgan fingerprint density at radius 2 is 1.93 bits per heavy atom. The van der Waals surface area contributed by atoms with E-state index in [0.29, 0.717) is 37.0 Å². The van der Waals surface area contributed by atoms with Gasteiger partial charge < -0.3 is 15.1 Å². The zero-order chi connectivity index (χ0) is 21.1. The molecule has 0 radical (unpaired) electrons. The van der Waals surface area contributed by atoms with Crippen LogP contribution >= 0.6 is 12.2 Å². The van der Waals surface area contributed by atoms with Crippen molar-refractivity contribution >= 4 is 34.4 Å². The van der Waals surface area contributed by atoms with Crippen LogP contribution in [0.5, 0.6) is 0 Å². The average Bonchev–Trinajstić information content (AvgIpc) is 2.77. The zero-order valence-electron chi connectivity index (χ0n) is 16.1. The maximum atomic E-state index is 13.0. The normalized spacial score (nSPS) is 18.0. The first-order valence-corrected chi connectivity index (χ1v) is 10.1. The van der Waals surface area contributed by atoms with E-state index in [2.05, 4.69) is 20.8 Å². The van der Waals surface area contributed by atoms with Crippen LogP contribution in [0.3, 0.4) is 0 Å². The lowest BCUT2D eigenvalue weighted by Crippen LogP contribution is -2.51. The van der Waals surface area contributed by atoms with Crippen LogP contribution in [0.1, 0.15) is 17.7 Å². The van der Waals surface area contributed by atoms with Gasteiger partial charge in [-0.25, -0.2) is 0 Å². The van der Waals surface area contributed by atoms with E-state index in [0.717, 1.165) is 36.1 Å². The van der Waals surface area contributed by atoms with Crippen LogP contribution in [-0.4, -0.2) is 53.4 Å². The highest BCUT2D eigenvalue weighted by atomic mass is 32.1. The number of fused-ring (bicyclic) bond motifs is 1. The molecule has 0 unspecified atom stereocenters. The number of pyridine rings is 1. The van der Waals surface area contributed by atoms with E-state index in [4.69, 9.17) is 12.2 Å². The number of hydrogen-bond acceptors (Lipinski definition) is 5. The number of benzene rings is 1. The predicted octanol–water partition coefficient (Wildman–Crippen LogP) is 3.32. The second-order valence-electron chi connectivity index (χ2n) is 7.07. The molecule has 0 spiro atoms. The van der Waals surface area contributed by atoms with Crippen LogP contribution in [0.25, 0.3) is 0 Å². The van der Waals surface area contributed by atoms with Gasteiger partial charge in [0.15, 0.2) is 5.11 Å². The molecular weight excluding hydrogens is 413 g/mol. The van der Waals surface area contributed by atoms with Crippen LogP contribution in [0.4, 0.5) is 24.5 Å². The fraction of sp³-hybridized carbons (Fsp3) is 0.350. The summed E-state index contributed by atoms with van der Waals surface area (Å²) in [5, 5.41) is 8.25. The number of hydrogen-bond donors (Lipinski definition) is 2. The van der Waals surface area contributed by atoms with Gasteiger partial charge in [0, 0.05) is 51.0 Å². The Kier molecular flexibility index (Phi) is 5.76. The van der Waals surface area contributed by atoms with Crippen molar-refractivity contribution in [1.82, 2.24) is 15.3 Å². The van der Waals surface area contributed by atoms with Gasteiger partial charge in [0.1, 0.15) is 5.69 Å². The second kappa shape index (κ2) is 8.47. The van der Waals surface area contributed by atoms with E-state index in [1.807, 2.05) is 21.9 Å². The fourth-order valence-electron chi connectivity index (χ4n) is 3.55. The Morgan fingerprint density at radius 1 is 1.13 bits per heavy atom. The summed E-state index contributed by atoms with van der Waals surface area (Å²) < 4.78 is 38.9. The molecule has 30 heavy (non-hydrogen) atoms. The van der Waals surface area contributed by atoms with Gasteiger partial charge >= 0.3 is 6.18 Å². The molecule has 158 valence electrons. The molecule has 1 aromatic carbocycles. The third kappa shape index (κ3) is 4.48. The summed E-state index contributed by atoms with van der Waals surface area (Å²) in [6.07, 6.45) is -1.87. The number of nitrogens with zero attached hydrogens (tertiary/aromatic N) is 4. The van der Waals surface area contributed by atoms with E-state index in [9.17, 15) is 13.2 Å². The molecule has 1 fully saturated rings. The van der Waals surface area contributed by atoms with Crippen molar-refractivity contribution in [3.05, 3.63) is 53.9 Å². The van der Waals surface area contributed by atoms with E-state index in [-0.39, 0.29) is 0 Å². The lowest BCUT2D eigenvalue weighted by molar-refractivity contribution is -0.137. The van der Waals surface area contributed by atoms with Gasteiger partial charge in [-0.1, -0.05) is 6.07 Å². The number of halogens is 3. The molecule has 0 amide bonds. The first-order chi connectivity index (χ1) is 14.4. The van der Waals surface area contributed by atoms with Crippen LogP contribution in [-0.2, 0) is 6.18 Å². The first kappa shape index (κ1) is 20.4. The highest BCUT2D eigenvalue weighted by Gasteiger charge is 2.31. The summed E-state index contributed by atoms with van der Waals surface area (Å²) in [5.41, 5.74) is 5.50. The Balaban J connectivity index is 1.35. The molecule has 2 aliphatic heterocycles. The maximum Gasteiger partial charge on any atom is 0.416 e. The van der Waals surface area contributed by atoms with Crippen molar-refractivity contribution in [2.75, 3.05) is 42.9 Å². The lowest BCUT2D eigenvalue weighted by atomic mass is 10.1. The van der Waals surface area contributed by atoms with Gasteiger partial charge in [0.05, 0.1) is 17.0 Å². The van der Waals surface area contributed by atoms with Crippen LogP contribution in [0.15, 0.2) is 47.7 Å². The average molecular weight is 434 g/mol. The van der Waals surface area contributed by atoms with Crippen molar-refractivity contribution in [2.45, 2.75) is 12.6 Å². The van der Waals surface area contributed by atoms with E-state index >= 15 is 0 Å². The van der Waals surface area contributed by atoms with Crippen molar-refractivity contribution in [3.63, 3.8) is 0 Å². The van der Waals surface area contributed by atoms with Gasteiger partial charge in [0.2, 0.25) is 0 Å². The molecule has 4 rings (SSSR count). The first-order valence-electron chi connectivity index (χ1n) is 9.65.